The van der Waals surface area contributed by atoms with Gasteiger partial charge in [0.1, 0.15) is 5.75 Å². The molecule has 0 radical (unpaired) electrons. The fraction of sp³-hybridized carbons (Fsp3) is 0.143. The molecule has 0 heterocycles. The van der Waals surface area contributed by atoms with Gasteiger partial charge in [0.05, 0.1) is 9.13 Å². The molecule has 0 saturated heterocycles. The van der Waals surface area contributed by atoms with Crippen molar-refractivity contribution in [3.63, 3.8) is 0 Å². The molecule has 0 spiro atoms. The number of phenolic OH excluding ortho intramolecular Hbond substituents is 1. The largest absolute Gasteiger partial charge is 1.00 e. The normalized spacial score (nSPS) is 10.0. The van der Waals surface area contributed by atoms with Crippen LogP contribution in [0.15, 0.2) is 18.2 Å². The molecule has 1 aromatic carbocycles. The van der Waals surface area contributed by atoms with Crippen molar-refractivity contribution in [1.29, 1.82) is 0 Å². The molecule has 1 rings (SSSR count). The number of hydrogen-bond donors (Lipinski definition) is 1. The van der Waals surface area contributed by atoms with E-state index in [1.54, 1.807) is 22.6 Å². The molecule has 0 aliphatic heterocycles. The first-order chi connectivity index (χ1) is 5.41. The van der Waals surface area contributed by atoms with Crippen molar-refractivity contribution in [3.05, 3.63) is 27.3 Å². The van der Waals surface area contributed by atoms with E-state index in [2.05, 4.69) is 0 Å². The molecule has 0 unspecified atom stereocenters. The third-order valence-corrected chi connectivity index (χ3v) is 2.14. The molecule has 1 nitrogen and oxygen atoms in total. The summed E-state index contributed by atoms with van der Waals surface area (Å²) in [6, 6.07) is 2.78. The van der Waals surface area contributed by atoms with Crippen LogP contribution in [0.25, 0.3) is 0 Å². The number of phenols is 1. The van der Waals surface area contributed by atoms with Crippen LogP contribution < -0.4 is 53.5 Å². The van der Waals surface area contributed by atoms with Crippen LogP contribution in [0.4, 0.5) is 13.2 Å². The van der Waals surface area contributed by atoms with Gasteiger partial charge in [-0.25, -0.2) is 0 Å². The van der Waals surface area contributed by atoms with Crippen LogP contribution in [-0.2, 0) is 6.18 Å². The Labute approximate surface area is 132 Å². The molecule has 0 fully saturated rings. The molecular formula is C7H4F3I2NaO. The van der Waals surface area contributed by atoms with E-state index in [0.29, 0.717) is 0 Å². The summed E-state index contributed by atoms with van der Waals surface area (Å²) in [5.74, 6) is -0.136. The van der Waals surface area contributed by atoms with Gasteiger partial charge in [-0.2, -0.15) is 13.2 Å². The van der Waals surface area contributed by atoms with Crippen LogP contribution in [0.2, 0.25) is 0 Å². The maximum Gasteiger partial charge on any atom is 1.00 e. The van der Waals surface area contributed by atoms with Gasteiger partial charge in [-0.05, 0) is 40.8 Å². The van der Waals surface area contributed by atoms with Crippen LogP contribution >= 0.6 is 22.6 Å². The molecule has 14 heavy (non-hydrogen) atoms. The monoisotopic (exact) mass is 438 g/mol. The van der Waals surface area contributed by atoms with Gasteiger partial charge in [-0.15, -0.1) is 0 Å². The molecule has 1 aromatic rings. The number of rotatable bonds is 0. The third-order valence-electron chi connectivity index (χ3n) is 1.28. The van der Waals surface area contributed by atoms with Gasteiger partial charge in [-0.3, -0.25) is 0 Å². The zero-order chi connectivity index (χ0) is 9.35. The molecule has 0 atom stereocenters. The van der Waals surface area contributed by atoms with Crippen molar-refractivity contribution in [2.75, 3.05) is 0 Å². The van der Waals surface area contributed by atoms with Gasteiger partial charge < -0.3 is 29.1 Å². The Morgan fingerprint density at radius 2 is 1.71 bits per heavy atom. The van der Waals surface area contributed by atoms with Gasteiger partial charge in [0.2, 0.25) is 0 Å². The molecule has 74 valence electrons. The van der Waals surface area contributed by atoms with E-state index >= 15 is 0 Å². The summed E-state index contributed by atoms with van der Waals surface area (Å²) < 4.78 is 36.2. The first-order valence-electron chi connectivity index (χ1n) is 2.97. The quantitative estimate of drug-likeness (QED) is 0.339. The van der Waals surface area contributed by atoms with Gasteiger partial charge in [-0.1, -0.05) is 0 Å². The Bertz CT molecular complexity index is 303. The number of hydrogen-bond acceptors (Lipinski definition) is 1. The summed E-state index contributed by atoms with van der Waals surface area (Å²) in [6.45, 7) is 0. The van der Waals surface area contributed by atoms with E-state index in [1.807, 2.05) is 0 Å². The zero-order valence-electron chi connectivity index (χ0n) is 7.07. The van der Waals surface area contributed by atoms with Gasteiger partial charge in [0.15, 0.2) is 0 Å². The Morgan fingerprint density at radius 3 is 2.07 bits per heavy atom. The molecule has 0 aromatic heterocycles. The van der Waals surface area contributed by atoms with Crippen LogP contribution in [0.1, 0.15) is 5.56 Å². The summed E-state index contributed by atoms with van der Waals surface area (Å²) in [4.78, 5) is 0. The Hall–Kier alpha value is 1.27. The molecule has 1 N–H and O–H groups in total. The number of benzene rings is 1. The van der Waals surface area contributed by atoms with E-state index in [9.17, 15) is 13.2 Å². The van der Waals surface area contributed by atoms with E-state index < -0.39 is 11.7 Å². The topological polar surface area (TPSA) is 20.2 Å². The Morgan fingerprint density at radius 1 is 1.21 bits per heavy atom. The minimum Gasteiger partial charge on any atom is -1.00 e. The smallest absolute Gasteiger partial charge is 1.00 e. The standard InChI is InChI=1S/C7H4F3IO.HI.Na/c8-7(9,10)4-1-2-6(12)5(11)3-4;;/h1-3,12H;1H;/q;;+1/p-1. The van der Waals surface area contributed by atoms with E-state index in [0.717, 1.165) is 18.2 Å². The first kappa shape index (κ1) is 17.7. The molecule has 7 heteroatoms. The Balaban J connectivity index is 0. The van der Waals surface area contributed by atoms with Gasteiger partial charge in [0, 0.05) is 0 Å². The summed E-state index contributed by atoms with van der Waals surface area (Å²) in [5.41, 5.74) is -0.746. The molecule has 0 saturated carbocycles. The van der Waals surface area contributed by atoms with Crippen molar-refractivity contribution in [3.8, 4) is 5.75 Å². The molecule has 0 amide bonds. The van der Waals surface area contributed by atoms with Crippen LogP contribution in [-0.4, -0.2) is 5.11 Å². The van der Waals surface area contributed by atoms with Crippen LogP contribution in [0.5, 0.6) is 5.75 Å². The molecule has 0 bridgehead atoms. The third kappa shape index (κ3) is 4.86. The number of alkyl halides is 3. The van der Waals surface area contributed by atoms with Crippen molar-refractivity contribution >= 4 is 22.6 Å². The summed E-state index contributed by atoms with van der Waals surface area (Å²) in [5, 5.41) is 8.93. The maximum atomic E-state index is 12.0. The summed E-state index contributed by atoms with van der Waals surface area (Å²) >= 11 is 1.64. The average Bonchev–Trinajstić information content (AvgIpc) is 1.92. The van der Waals surface area contributed by atoms with Gasteiger partial charge in [0.25, 0.3) is 0 Å². The van der Waals surface area contributed by atoms with Crippen molar-refractivity contribution in [1.82, 2.24) is 0 Å². The molecular weight excluding hydrogens is 434 g/mol. The SMILES string of the molecule is Oc1ccc(C(F)(F)F)cc1I.[I-].[Na+]. The van der Waals surface area contributed by atoms with E-state index in [4.69, 9.17) is 5.11 Å². The second-order valence-corrected chi connectivity index (χ2v) is 3.33. The van der Waals surface area contributed by atoms with Gasteiger partial charge >= 0.3 is 35.7 Å². The molecule has 0 aliphatic carbocycles. The van der Waals surface area contributed by atoms with E-state index in [-0.39, 0.29) is 62.9 Å². The summed E-state index contributed by atoms with van der Waals surface area (Å²) in [6.07, 6.45) is -4.34. The maximum absolute atomic E-state index is 12.0. The Kier molecular flexibility index (Phi) is 8.54. The van der Waals surface area contributed by atoms with Crippen LogP contribution in [0, 0.1) is 3.57 Å². The van der Waals surface area contributed by atoms with E-state index in [1.165, 1.54) is 0 Å². The molecule has 0 aliphatic rings. The fourth-order valence-corrected chi connectivity index (χ4v) is 1.20. The average molecular weight is 438 g/mol. The number of halogens is 5. The summed E-state index contributed by atoms with van der Waals surface area (Å²) in [7, 11) is 0. The van der Waals surface area contributed by atoms with Crippen molar-refractivity contribution < 1.29 is 71.8 Å². The first-order valence-corrected chi connectivity index (χ1v) is 4.05. The van der Waals surface area contributed by atoms with Crippen LogP contribution in [0.3, 0.4) is 0 Å². The van der Waals surface area contributed by atoms with Crippen molar-refractivity contribution in [2.24, 2.45) is 0 Å². The minimum absolute atomic E-state index is 0. The predicted octanol–water partition coefficient (Wildman–Crippen LogP) is -2.98. The number of aromatic hydroxyl groups is 1. The van der Waals surface area contributed by atoms with Crippen molar-refractivity contribution in [2.45, 2.75) is 6.18 Å². The second-order valence-electron chi connectivity index (χ2n) is 2.16. The zero-order valence-corrected chi connectivity index (χ0v) is 13.4. The second kappa shape index (κ2) is 6.77. The predicted molar refractivity (Wildman–Crippen MR) is 45.8 cm³/mol. The fourth-order valence-electron chi connectivity index (χ4n) is 0.683. The minimum atomic E-state index is -4.34.